The average Bonchev–Trinajstić information content (AvgIpc) is 2.86. The molecule has 88 valence electrons. The van der Waals surface area contributed by atoms with Crippen molar-refractivity contribution in [1.82, 2.24) is 20.6 Å². The Morgan fingerprint density at radius 1 is 1.35 bits per heavy atom. The topological polar surface area (TPSA) is 104 Å². The molecule has 0 bridgehead atoms. The first-order valence-electron chi connectivity index (χ1n) is 5.04. The van der Waals surface area contributed by atoms with Crippen molar-refractivity contribution < 1.29 is 9.90 Å². The highest BCUT2D eigenvalue weighted by molar-refractivity contribution is 6.01. The van der Waals surface area contributed by atoms with E-state index >= 15 is 0 Å². The van der Waals surface area contributed by atoms with Crippen LogP contribution in [0, 0.1) is 0 Å². The average molecular weight is 233 g/mol. The first kappa shape index (κ1) is 11.2. The van der Waals surface area contributed by atoms with Crippen LogP contribution in [-0.4, -0.2) is 38.2 Å². The number of aliphatic hydroxyl groups excluding tert-OH is 1. The van der Waals surface area contributed by atoms with E-state index in [0.29, 0.717) is 12.1 Å². The van der Waals surface area contributed by atoms with Gasteiger partial charge in [0.1, 0.15) is 0 Å². The number of rotatable bonds is 4. The van der Waals surface area contributed by atoms with E-state index in [0.717, 1.165) is 5.56 Å². The molecule has 1 aromatic heterocycles. The van der Waals surface area contributed by atoms with E-state index in [2.05, 4.69) is 25.9 Å². The van der Waals surface area contributed by atoms with Gasteiger partial charge in [-0.3, -0.25) is 4.79 Å². The lowest BCUT2D eigenvalue weighted by Crippen LogP contribution is -2.13. The summed E-state index contributed by atoms with van der Waals surface area (Å²) in [6.07, 6.45) is 0.596. The van der Waals surface area contributed by atoms with Crippen LogP contribution >= 0.6 is 0 Å². The summed E-state index contributed by atoms with van der Waals surface area (Å²) in [5, 5.41) is 24.0. The predicted octanol–water partition coefficient (Wildman–Crippen LogP) is -0.0132. The minimum atomic E-state index is -0.423. The van der Waals surface area contributed by atoms with Crippen molar-refractivity contribution in [2.75, 3.05) is 11.9 Å². The smallest absolute Gasteiger partial charge is 0.297 e. The number of carbonyl (C=O) groups excluding carboxylic acids is 1. The van der Waals surface area contributed by atoms with Crippen molar-refractivity contribution in [2.24, 2.45) is 0 Å². The summed E-state index contributed by atoms with van der Waals surface area (Å²) < 4.78 is 0. The Balaban J connectivity index is 2.01. The van der Waals surface area contributed by atoms with Gasteiger partial charge in [0.05, 0.1) is 0 Å². The zero-order valence-corrected chi connectivity index (χ0v) is 8.92. The molecule has 2 rings (SSSR count). The largest absolute Gasteiger partial charge is 0.396 e. The van der Waals surface area contributed by atoms with Crippen molar-refractivity contribution in [1.29, 1.82) is 0 Å². The normalized spacial score (nSPS) is 10.2. The molecule has 0 saturated heterocycles. The summed E-state index contributed by atoms with van der Waals surface area (Å²) in [7, 11) is 0. The Labute approximate surface area is 96.9 Å². The van der Waals surface area contributed by atoms with Gasteiger partial charge in [0.2, 0.25) is 0 Å². The van der Waals surface area contributed by atoms with Gasteiger partial charge in [-0.15, -0.1) is 10.2 Å². The van der Waals surface area contributed by atoms with Crippen LogP contribution < -0.4 is 5.32 Å². The van der Waals surface area contributed by atoms with Crippen LogP contribution in [-0.2, 0) is 6.42 Å². The molecule has 0 radical (unpaired) electrons. The second-order valence-electron chi connectivity index (χ2n) is 3.36. The molecule has 0 aliphatic heterocycles. The number of aromatic amines is 1. The Morgan fingerprint density at radius 3 is 2.71 bits per heavy atom. The molecule has 7 nitrogen and oxygen atoms in total. The van der Waals surface area contributed by atoms with Crippen LogP contribution in [0.2, 0.25) is 0 Å². The van der Waals surface area contributed by atoms with E-state index in [1.807, 2.05) is 12.1 Å². The minimum Gasteiger partial charge on any atom is -0.396 e. The van der Waals surface area contributed by atoms with Gasteiger partial charge in [-0.2, -0.15) is 5.21 Å². The third-order valence-corrected chi connectivity index (χ3v) is 2.16. The van der Waals surface area contributed by atoms with E-state index in [9.17, 15) is 4.79 Å². The van der Waals surface area contributed by atoms with Crippen molar-refractivity contribution in [2.45, 2.75) is 6.42 Å². The van der Waals surface area contributed by atoms with E-state index in [1.165, 1.54) is 0 Å². The molecule has 1 amide bonds. The molecule has 2 aromatic rings. The number of aromatic nitrogens is 4. The molecule has 0 atom stereocenters. The third kappa shape index (κ3) is 2.85. The number of anilines is 1. The zero-order chi connectivity index (χ0) is 12.1. The fourth-order valence-corrected chi connectivity index (χ4v) is 1.33. The maximum atomic E-state index is 11.5. The minimum absolute atomic E-state index is 0.00978. The molecule has 0 aliphatic rings. The highest BCUT2D eigenvalue weighted by atomic mass is 16.3. The highest BCUT2D eigenvalue weighted by Crippen LogP contribution is 2.10. The molecule has 0 spiro atoms. The second kappa shape index (κ2) is 5.17. The third-order valence-electron chi connectivity index (χ3n) is 2.16. The lowest BCUT2D eigenvalue weighted by atomic mass is 10.1. The van der Waals surface area contributed by atoms with E-state index in [1.54, 1.807) is 12.1 Å². The fraction of sp³-hybridized carbons (Fsp3) is 0.200. The van der Waals surface area contributed by atoms with Gasteiger partial charge in [0.15, 0.2) is 0 Å². The van der Waals surface area contributed by atoms with Gasteiger partial charge < -0.3 is 10.4 Å². The molecule has 7 heteroatoms. The van der Waals surface area contributed by atoms with Gasteiger partial charge in [0, 0.05) is 12.3 Å². The lowest BCUT2D eigenvalue weighted by molar-refractivity contribution is 0.101. The number of nitrogens with one attached hydrogen (secondary N) is 2. The first-order valence-corrected chi connectivity index (χ1v) is 5.04. The van der Waals surface area contributed by atoms with Crippen LogP contribution in [0.1, 0.15) is 16.2 Å². The number of hydrogen-bond donors (Lipinski definition) is 3. The van der Waals surface area contributed by atoms with Crippen LogP contribution in [0.3, 0.4) is 0 Å². The molecule has 0 aliphatic carbocycles. The fourth-order valence-electron chi connectivity index (χ4n) is 1.33. The molecule has 0 unspecified atom stereocenters. The number of nitrogens with zero attached hydrogens (tertiary/aromatic N) is 3. The van der Waals surface area contributed by atoms with Gasteiger partial charge in [-0.25, -0.2) is 0 Å². The molecule has 1 heterocycles. The molecular weight excluding hydrogens is 222 g/mol. The quantitative estimate of drug-likeness (QED) is 0.688. The van der Waals surface area contributed by atoms with Crippen molar-refractivity contribution in [3.8, 4) is 0 Å². The molecule has 1 aromatic carbocycles. The standard InChI is InChI=1S/C10H11N5O2/c16-6-5-7-1-3-8(4-2-7)11-10(17)9-12-14-15-13-9/h1-4,16H,5-6H2,(H,11,17)(H,12,13,14,15). The number of H-pyrrole nitrogens is 1. The maximum absolute atomic E-state index is 11.5. The van der Waals surface area contributed by atoms with Crippen LogP contribution in [0.25, 0.3) is 0 Å². The number of tetrazole rings is 1. The zero-order valence-electron chi connectivity index (χ0n) is 8.92. The van der Waals surface area contributed by atoms with Gasteiger partial charge >= 0.3 is 0 Å². The molecule has 0 fully saturated rings. The number of benzene rings is 1. The van der Waals surface area contributed by atoms with Gasteiger partial charge in [0.25, 0.3) is 11.7 Å². The lowest BCUT2D eigenvalue weighted by Gasteiger charge is -2.03. The van der Waals surface area contributed by atoms with Gasteiger partial charge in [-0.05, 0) is 29.3 Å². The Hall–Kier alpha value is -2.28. The monoisotopic (exact) mass is 233 g/mol. The number of amides is 1. The SMILES string of the molecule is O=C(Nc1ccc(CCO)cc1)c1nn[nH]n1. The molecular formula is C10H11N5O2. The summed E-state index contributed by atoms with van der Waals surface area (Å²) in [5.74, 6) is -0.432. The second-order valence-corrected chi connectivity index (χ2v) is 3.36. The summed E-state index contributed by atoms with van der Waals surface area (Å²) in [5.41, 5.74) is 1.64. The number of hydrogen-bond acceptors (Lipinski definition) is 5. The Morgan fingerprint density at radius 2 is 2.12 bits per heavy atom. The summed E-state index contributed by atoms with van der Waals surface area (Å²) >= 11 is 0. The molecule has 0 saturated carbocycles. The summed E-state index contributed by atoms with van der Waals surface area (Å²) in [6.45, 7) is 0.106. The molecule has 3 N–H and O–H groups in total. The predicted molar refractivity (Wildman–Crippen MR) is 59.4 cm³/mol. The number of carbonyl (C=O) groups is 1. The van der Waals surface area contributed by atoms with Gasteiger partial charge in [-0.1, -0.05) is 12.1 Å². The van der Waals surface area contributed by atoms with Crippen molar-refractivity contribution >= 4 is 11.6 Å². The van der Waals surface area contributed by atoms with E-state index in [-0.39, 0.29) is 12.4 Å². The first-order chi connectivity index (χ1) is 8.29. The Bertz CT molecular complexity index is 480. The van der Waals surface area contributed by atoms with Crippen LogP contribution in [0.5, 0.6) is 0 Å². The van der Waals surface area contributed by atoms with Crippen LogP contribution in [0.15, 0.2) is 24.3 Å². The van der Waals surface area contributed by atoms with Crippen molar-refractivity contribution in [3.63, 3.8) is 0 Å². The molecule has 17 heavy (non-hydrogen) atoms. The summed E-state index contributed by atoms with van der Waals surface area (Å²) in [4.78, 5) is 11.5. The highest BCUT2D eigenvalue weighted by Gasteiger charge is 2.10. The maximum Gasteiger partial charge on any atom is 0.297 e. The van der Waals surface area contributed by atoms with Crippen LogP contribution in [0.4, 0.5) is 5.69 Å². The Kier molecular flexibility index (Phi) is 3.41. The van der Waals surface area contributed by atoms with Crippen molar-refractivity contribution in [3.05, 3.63) is 35.7 Å². The summed E-state index contributed by atoms with van der Waals surface area (Å²) in [6, 6.07) is 7.18. The van der Waals surface area contributed by atoms with E-state index in [4.69, 9.17) is 5.11 Å². The number of aliphatic hydroxyl groups is 1. The van der Waals surface area contributed by atoms with E-state index < -0.39 is 5.91 Å².